The molecule has 4 fully saturated rings. The Balaban J connectivity index is 1.16. The van der Waals surface area contributed by atoms with Crippen LogP contribution in [0.25, 0.3) is 0 Å². The molecular weight excluding hydrogens is 424 g/mol. The van der Waals surface area contributed by atoms with Gasteiger partial charge in [-0.3, -0.25) is 9.59 Å². The van der Waals surface area contributed by atoms with Crippen molar-refractivity contribution in [3.63, 3.8) is 0 Å². The predicted molar refractivity (Wildman–Crippen MR) is 120 cm³/mol. The van der Waals surface area contributed by atoms with Crippen LogP contribution >= 0.6 is 0 Å². The Morgan fingerprint density at radius 1 is 0.938 bits per heavy atom. The summed E-state index contributed by atoms with van der Waals surface area (Å²) in [6.45, 7) is -0.535. The van der Waals surface area contributed by atoms with Crippen molar-refractivity contribution in [1.82, 2.24) is 4.31 Å². The number of nitrogens with zero attached hydrogens (tertiary/aromatic N) is 1. The first kappa shape index (κ1) is 20.0. The van der Waals surface area contributed by atoms with Crippen LogP contribution in [0.15, 0.2) is 53.4 Å². The van der Waals surface area contributed by atoms with Gasteiger partial charge in [-0.25, -0.2) is 12.7 Å². The lowest BCUT2D eigenvalue weighted by Crippen LogP contribution is -2.48. The average Bonchev–Trinajstić information content (AvgIpc) is 2.94. The normalized spacial score (nSPS) is 31.6. The zero-order valence-corrected chi connectivity index (χ0v) is 18.6. The van der Waals surface area contributed by atoms with Crippen LogP contribution in [-0.4, -0.2) is 31.1 Å². The van der Waals surface area contributed by atoms with Crippen molar-refractivity contribution in [2.75, 3.05) is 11.9 Å². The van der Waals surface area contributed by atoms with Crippen LogP contribution in [0.2, 0.25) is 0 Å². The van der Waals surface area contributed by atoms with Crippen LogP contribution in [0.1, 0.15) is 54.4 Å². The largest absolute Gasteiger partial charge is 0.325 e. The Bertz CT molecular complexity index is 1180. The van der Waals surface area contributed by atoms with Crippen molar-refractivity contribution < 1.29 is 18.0 Å². The number of nitrogens with one attached hydrogen (secondary N) is 1. The lowest BCUT2D eigenvalue weighted by Gasteiger charge is -2.57. The first-order chi connectivity index (χ1) is 15.3. The molecule has 0 saturated heterocycles. The van der Waals surface area contributed by atoms with Gasteiger partial charge in [0.2, 0.25) is 5.91 Å². The van der Waals surface area contributed by atoms with Gasteiger partial charge in [0.05, 0.1) is 5.56 Å². The summed E-state index contributed by atoms with van der Waals surface area (Å²) in [5, 5.41) is 2.76. The van der Waals surface area contributed by atoms with Crippen LogP contribution < -0.4 is 5.32 Å². The van der Waals surface area contributed by atoms with Crippen molar-refractivity contribution in [2.45, 2.75) is 48.8 Å². The lowest BCUT2D eigenvalue weighted by atomic mass is 9.48. The first-order valence-corrected chi connectivity index (χ1v) is 12.8. The quantitative estimate of drug-likeness (QED) is 0.765. The zero-order valence-electron chi connectivity index (χ0n) is 17.8. The van der Waals surface area contributed by atoms with Gasteiger partial charge >= 0.3 is 0 Å². The SMILES string of the molecule is O=C(CN1C(=O)c2ccccc2S1(=O)=O)Nc1ccc(C23CC4CC(CC(C4)C2)C3)cc1. The minimum atomic E-state index is -3.99. The Morgan fingerprint density at radius 3 is 2.12 bits per heavy atom. The molecule has 4 aliphatic carbocycles. The van der Waals surface area contributed by atoms with E-state index in [2.05, 4.69) is 17.4 Å². The maximum absolute atomic E-state index is 12.7. The molecule has 4 bridgehead atoms. The smallest absolute Gasteiger partial charge is 0.269 e. The molecule has 2 amide bonds. The number of sulfonamides is 1. The zero-order chi connectivity index (χ0) is 22.1. The van der Waals surface area contributed by atoms with Crippen molar-refractivity contribution in [2.24, 2.45) is 17.8 Å². The van der Waals surface area contributed by atoms with E-state index in [4.69, 9.17) is 0 Å². The van der Waals surface area contributed by atoms with E-state index in [0.29, 0.717) is 15.4 Å². The van der Waals surface area contributed by atoms with E-state index < -0.39 is 28.4 Å². The van der Waals surface area contributed by atoms with Gasteiger partial charge < -0.3 is 5.32 Å². The third-order valence-electron chi connectivity index (χ3n) is 8.02. The second kappa shape index (κ2) is 6.91. The van der Waals surface area contributed by atoms with Gasteiger partial charge in [0.1, 0.15) is 11.4 Å². The third kappa shape index (κ3) is 3.01. The number of carbonyl (C=O) groups excluding carboxylic acids is 2. The molecule has 0 unspecified atom stereocenters. The molecule has 1 aliphatic heterocycles. The highest BCUT2D eigenvalue weighted by Gasteiger charge is 2.51. The molecule has 7 heteroatoms. The number of rotatable bonds is 4. The molecule has 4 saturated carbocycles. The van der Waals surface area contributed by atoms with Gasteiger partial charge in [-0.2, -0.15) is 0 Å². The number of fused-ring (bicyclic) bond motifs is 1. The molecule has 0 atom stereocenters. The molecule has 0 spiro atoms. The fraction of sp³-hybridized carbons (Fsp3) is 0.440. The summed E-state index contributed by atoms with van der Waals surface area (Å²) in [7, 11) is -3.99. The summed E-state index contributed by atoms with van der Waals surface area (Å²) in [6, 6.07) is 14.1. The van der Waals surface area contributed by atoms with Crippen molar-refractivity contribution in [1.29, 1.82) is 0 Å². The van der Waals surface area contributed by atoms with Crippen molar-refractivity contribution in [3.8, 4) is 0 Å². The summed E-state index contributed by atoms with van der Waals surface area (Å²) < 4.78 is 26.0. The number of amides is 2. The number of hydrogen-bond donors (Lipinski definition) is 1. The predicted octanol–water partition coefficient (Wildman–Crippen LogP) is 3.94. The fourth-order valence-corrected chi connectivity index (χ4v) is 8.61. The standard InChI is InChI=1S/C25H26N2O4S/c28-23(15-27-24(29)21-3-1-2-4-22(21)32(27,30)31)26-20-7-5-19(6-8-20)25-12-16-9-17(13-25)11-18(10-16)14-25/h1-8,16-18H,9-15H2,(H,26,28). The molecule has 2 aromatic carbocycles. The molecule has 6 nitrogen and oxygen atoms in total. The van der Waals surface area contributed by atoms with Crippen molar-refractivity contribution in [3.05, 3.63) is 59.7 Å². The van der Waals surface area contributed by atoms with E-state index in [1.54, 1.807) is 12.1 Å². The molecule has 1 N–H and O–H groups in total. The Labute approximate surface area is 188 Å². The Morgan fingerprint density at radius 2 is 1.53 bits per heavy atom. The molecular formula is C25H26N2O4S. The van der Waals surface area contributed by atoms with Gasteiger partial charge in [-0.05, 0) is 91.5 Å². The topological polar surface area (TPSA) is 83.6 Å². The molecule has 1 heterocycles. The minimum absolute atomic E-state index is 0.0438. The Hall–Kier alpha value is -2.67. The number of hydrogen-bond acceptors (Lipinski definition) is 4. The molecule has 0 aromatic heterocycles. The maximum atomic E-state index is 12.7. The monoisotopic (exact) mass is 450 g/mol. The van der Waals surface area contributed by atoms with Crippen LogP contribution in [0.3, 0.4) is 0 Å². The first-order valence-electron chi connectivity index (χ1n) is 11.4. The molecule has 7 rings (SSSR count). The third-order valence-corrected chi connectivity index (χ3v) is 9.81. The summed E-state index contributed by atoms with van der Waals surface area (Å²) in [5.74, 6) is 1.41. The van der Waals surface area contributed by atoms with Gasteiger partial charge in [0.25, 0.3) is 15.9 Å². The van der Waals surface area contributed by atoms with E-state index in [1.807, 2.05) is 12.1 Å². The minimum Gasteiger partial charge on any atom is -0.325 e. The molecule has 2 aromatic rings. The fourth-order valence-electron chi connectivity index (χ4n) is 7.09. The van der Waals surface area contributed by atoms with Gasteiger partial charge in [-0.15, -0.1) is 0 Å². The molecule has 32 heavy (non-hydrogen) atoms. The number of carbonyl (C=O) groups is 2. The summed E-state index contributed by atoms with van der Waals surface area (Å²) in [6.07, 6.45) is 8.03. The summed E-state index contributed by atoms with van der Waals surface area (Å²) in [4.78, 5) is 25.1. The number of anilines is 1. The van der Waals surface area contributed by atoms with E-state index in [-0.39, 0.29) is 10.5 Å². The molecule has 0 radical (unpaired) electrons. The summed E-state index contributed by atoms with van der Waals surface area (Å²) >= 11 is 0. The lowest BCUT2D eigenvalue weighted by molar-refractivity contribution is -0.116. The van der Waals surface area contributed by atoms with Crippen LogP contribution in [-0.2, 0) is 20.2 Å². The maximum Gasteiger partial charge on any atom is 0.269 e. The van der Waals surface area contributed by atoms with E-state index in [0.717, 1.165) is 17.8 Å². The highest BCUT2D eigenvalue weighted by atomic mass is 32.2. The molecule has 5 aliphatic rings. The second-order valence-corrected chi connectivity index (χ2v) is 12.0. The average molecular weight is 451 g/mol. The van der Waals surface area contributed by atoms with Crippen LogP contribution in [0.5, 0.6) is 0 Å². The van der Waals surface area contributed by atoms with Crippen LogP contribution in [0.4, 0.5) is 5.69 Å². The van der Waals surface area contributed by atoms with E-state index in [9.17, 15) is 18.0 Å². The highest BCUT2D eigenvalue weighted by Crippen LogP contribution is 2.60. The number of benzene rings is 2. The van der Waals surface area contributed by atoms with Gasteiger partial charge in [0.15, 0.2) is 0 Å². The van der Waals surface area contributed by atoms with Gasteiger partial charge in [0, 0.05) is 5.69 Å². The van der Waals surface area contributed by atoms with E-state index >= 15 is 0 Å². The van der Waals surface area contributed by atoms with E-state index in [1.165, 1.54) is 56.2 Å². The Kier molecular flexibility index (Phi) is 4.31. The van der Waals surface area contributed by atoms with Gasteiger partial charge in [-0.1, -0.05) is 24.3 Å². The summed E-state index contributed by atoms with van der Waals surface area (Å²) in [5.41, 5.74) is 2.38. The second-order valence-electron chi connectivity index (χ2n) is 10.1. The highest BCUT2D eigenvalue weighted by molar-refractivity contribution is 7.90. The van der Waals surface area contributed by atoms with Crippen LogP contribution in [0, 0.1) is 17.8 Å². The van der Waals surface area contributed by atoms with Crippen molar-refractivity contribution >= 4 is 27.5 Å². The molecule has 166 valence electrons.